The Bertz CT molecular complexity index is 1290. The van der Waals surface area contributed by atoms with Gasteiger partial charge in [0.05, 0.1) is 19.6 Å². The maximum Gasteiger partial charge on any atom is 0.333 e. The van der Waals surface area contributed by atoms with E-state index in [0.29, 0.717) is 11.1 Å². The van der Waals surface area contributed by atoms with Crippen molar-refractivity contribution in [3.8, 4) is 0 Å². The third-order valence-corrected chi connectivity index (χ3v) is 6.07. The first-order valence-electron chi connectivity index (χ1n) is 11.2. The summed E-state index contributed by atoms with van der Waals surface area (Å²) < 4.78 is 28.8. The van der Waals surface area contributed by atoms with Crippen LogP contribution in [-0.2, 0) is 13.1 Å². The molecule has 7 nitrogen and oxygen atoms in total. The van der Waals surface area contributed by atoms with Crippen LogP contribution in [0.3, 0.4) is 0 Å². The molecule has 0 aliphatic carbocycles. The number of nitrogens with two attached hydrogens (primary N) is 1. The van der Waals surface area contributed by atoms with Crippen LogP contribution >= 0.6 is 0 Å². The summed E-state index contributed by atoms with van der Waals surface area (Å²) in [6, 6.07) is 10.9. The molecule has 9 heteroatoms. The molecule has 0 unspecified atom stereocenters. The number of likely N-dealkylation sites (tertiary alicyclic amines) is 1. The number of aromatic nitrogens is 2. The van der Waals surface area contributed by atoms with Gasteiger partial charge in [-0.1, -0.05) is 30.7 Å². The Balaban J connectivity index is 1.78. The van der Waals surface area contributed by atoms with Crippen molar-refractivity contribution in [2.75, 3.05) is 25.4 Å². The second-order valence-corrected chi connectivity index (χ2v) is 8.53. The van der Waals surface area contributed by atoms with Gasteiger partial charge in [-0.15, -0.1) is 0 Å². The summed E-state index contributed by atoms with van der Waals surface area (Å²) in [7, 11) is 0. The normalized spacial score (nSPS) is 14.3. The third kappa shape index (κ3) is 5.14. The molecule has 178 valence electrons. The maximum atomic E-state index is 13.3. The van der Waals surface area contributed by atoms with E-state index < -0.39 is 28.7 Å². The van der Waals surface area contributed by atoms with E-state index in [0.717, 1.165) is 41.5 Å². The quantitative estimate of drug-likeness (QED) is 0.539. The van der Waals surface area contributed by atoms with Crippen molar-refractivity contribution in [3.63, 3.8) is 0 Å². The SMILES string of the molecule is Nc1c(C(=O)CN2CCCCC2)c(=O)n(Cc2ccc(F)cc2)c(=O)n1Cc1ccc(F)cc1. The Labute approximate surface area is 195 Å². The van der Waals surface area contributed by atoms with Gasteiger partial charge < -0.3 is 5.73 Å². The van der Waals surface area contributed by atoms with Crippen LogP contribution in [0.25, 0.3) is 0 Å². The third-order valence-electron chi connectivity index (χ3n) is 6.07. The van der Waals surface area contributed by atoms with Crippen LogP contribution in [0.1, 0.15) is 40.7 Å². The van der Waals surface area contributed by atoms with E-state index in [1.54, 1.807) is 0 Å². The zero-order valence-corrected chi connectivity index (χ0v) is 18.7. The molecule has 3 aromatic rings. The molecule has 2 aromatic carbocycles. The van der Waals surface area contributed by atoms with Crippen LogP contribution in [0.4, 0.5) is 14.6 Å². The number of nitrogen functional groups attached to an aromatic ring is 1. The van der Waals surface area contributed by atoms with E-state index in [2.05, 4.69) is 0 Å². The highest BCUT2D eigenvalue weighted by Gasteiger charge is 2.25. The van der Waals surface area contributed by atoms with Crippen molar-refractivity contribution in [3.05, 3.63) is 97.7 Å². The van der Waals surface area contributed by atoms with Crippen molar-refractivity contribution < 1.29 is 13.6 Å². The summed E-state index contributed by atoms with van der Waals surface area (Å²) in [5.41, 5.74) is 5.62. The number of carbonyl (C=O) groups is 1. The molecule has 1 saturated heterocycles. The van der Waals surface area contributed by atoms with E-state index in [-0.39, 0.29) is 31.0 Å². The van der Waals surface area contributed by atoms with Gasteiger partial charge in [0.25, 0.3) is 5.56 Å². The second kappa shape index (κ2) is 10.1. The fraction of sp³-hybridized carbons (Fsp3) is 0.320. The van der Waals surface area contributed by atoms with Crippen LogP contribution in [0.15, 0.2) is 58.1 Å². The number of hydrogen-bond donors (Lipinski definition) is 1. The first-order chi connectivity index (χ1) is 16.3. The molecule has 0 bridgehead atoms. The van der Waals surface area contributed by atoms with Gasteiger partial charge >= 0.3 is 5.69 Å². The van der Waals surface area contributed by atoms with Gasteiger partial charge in [0.15, 0.2) is 5.78 Å². The summed E-state index contributed by atoms with van der Waals surface area (Å²) in [5, 5.41) is 0. The summed E-state index contributed by atoms with van der Waals surface area (Å²) in [6.45, 7) is 1.35. The molecule has 2 N–H and O–H groups in total. The second-order valence-electron chi connectivity index (χ2n) is 8.53. The lowest BCUT2D eigenvalue weighted by Crippen LogP contribution is -2.46. The Morgan fingerprint density at radius 2 is 1.29 bits per heavy atom. The number of halogens is 2. The Morgan fingerprint density at radius 3 is 1.82 bits per heavy atom. The molecule has 0 amide bonds. The molecular weight excluding hydrogens is 442 g/mol. The van der Waals surface area contributed by atoms with Crippen molar-refractivity contribution in [1.82, 2.24) is 14.0 Å². The van der Waals surface area contributed by atoms with Gasteiger partial charge in [0.2, 0.25) is 0 Å². The molecule has 0 radical (unpaired) electrons. The molecule has 1 aliphatic heterocycles. The van der Waals surface area contributed by atoms with Gasteiger partial charge in [0, 0.05) is 0 Å². The van der Waals surface area contributed by atoms with Gasteiger partial charge in [-0.25, -0.2) is 13.6 Å². The number of hydrogen-bond acceptors (Lipinski definition) is 5. The molecule has 2 heterocycles. The lowest BCUT2D eigenvalue weighted by atomic mass is 10.1. The number of Topliss-reactive ketones (excluding diaryl/α,β-unsaturated/α-hetero) is 1. The van der Waals surface area contributed by atoms with Crippen molar-refractivity contribution in [2.24, 2.45) is 0 Å². The maximum absolute atomic E-state index is 13.3. The molecule has 34 heavy (non-hydrogen) atoms. The van der Waals surface area contributed by atoms with Gasteiger partial charge in [-0.05, 0) is 61.3 Å². The first kappa shape index (κ1) is 23.6. The largest absolute Gasteiger partial charge is 0.384 e. The van der Waals surface area contributed by atoms with Crippen molar-refractivity contribution >= 4 is 11.6 Å². The molecular formula is C25H26F2N4O3. The molecule has 1 aliphatic rings. The summed E-state index contributed by atoms with van der Waals surface area (Å²) >= 11 is 0. The van der Waals surface area contributed by atoms with E-state index in [9.17, 15) is 23.2 Å². The number of carbonyl (C=O) groups excluding carboxylic acids is 1. The molecule has 4 rings (SSSR count). The average Bonchev–Trinajstić information content (AvgIpc) is 2.82. The lowest BCUT2D eigenvalue weighted by Gasteiger charge is -2.26. The summed E-state index contributed by atoms with van der Waals surface area (Å²) in [6.07, 6.45) is 3.04. The van der Waals surface area contributed by atoms with Crippen LogP contribution in [-0.4, -0.2) is 39.5 Å². The average molecular weight is 469 g/mol. The van der Waals surface area contributed by atoms with Crippen molar-refractivity contribution in [2.45, 2.75) is 32.4 Å². The number of ketones is 1. The topological polar surface area (TPSA) is 90.3 Å². The molecule has 0 atom stereocenters. The summed E-state index contributed by atoms with van der Waals surface area (Å²) in [4.78, 5) is 41.8. The fourth-order valence-electron chi connectivity index (χ4n) is 4.21. The zero-order valence-electron chi connectivity index (χ0n) is 18.7. The van der Waals surface area contributed by atoms with Gasteiger partial charge in [0.1, 0.15) is 23.0 Å². The van der Waals surface area contributed by atoms with Crippen LogP contribution in [0.2, 0.25) is 0 Å². The number of anilines is 1. The number of nitrogens with zero attached hydrogens (tertiary/aromatic N) is 3. The van der Waals surface area contributed by atoms with Gasteiger partial charge in [-0.3, -0.25) is 23.6 Å². The molecule has 0 spiro atoms. The van der Waals surface area contributed by atoms with Crippen LogP contribution in [0.5, 0.6) is 0 Å². The number of benzene rings is 2. The van der Waals surface area contributed by atoms with Crippen LogP contribution < -0.4 is 17.0 Å². The zero-order chi connectivity index (χ0) is 24.2. The smallest absolute Gasteiger partial charge is 0.333 e. The molecule has 1 fully saturated rings. The van der Waals surface area contributed by atoms with E-state index in [4.69, 9.17) is 5.73 Å². The Hall–Kier alpha value is -3.59. The highest BCUT2D eigenvalue weighted by atomic mass is 19.1. The van der Waals surface area contributed by atoms with E-state index >= 15 is 0 Å². The van der Waals surface area contributed by atoms with Crippen LogP contribution in [0, 0.1) is 11.6 Å². The van der Waals surface area contributed by atoms with Gasteiger partial charge in [-0.2, -0.15) is 0 Å². The van der Waals surface area contributed by atoms with E-state index in [1.807, 2.05) is 4.90 Å². The number of rotatable bonds is 7. The fourth-order valence-corrected chi connectivity index (χ4v) is 4.21. The molecule has 1 aromatic heterocycles. The highest BCUT2D eigenvalue weighted by molar-refractivity contribution is 6.01. The Kier molecular flexibility index (Phi) is 7.02. The minimum absolute atomic E-state index is 0.0325. The summed E-state index contributed by atoms with van der Waals surface area (Å²) in [5.74, 6) is -1.54. The highest BCUT2D eigenvalue weighted by Crippen LogP contribution is 2.14. The van der Waals surface area contributed by atoms with E-state index in [1.165, 1.54) is 48.5 Å². The van der Waals surface area contributed by atoms with Crippen molar-refractivity contribution in [1.29, 1.82) is 0 Å². The first-order valence-corrected chi connectivity index (χ1v) is 11.2. The standard InChI is InChI=1S/C25H26F2N4O3/c26-19-8-4-17(5-9-19)14-30-23(28)22(21(32)16-29-12-2-1-3-13-29)24(33)31(25(30)34)15-18-6-10-20(27)11-7-18/h4-11H,1-3,12-16,28H2. The lowest BCUT2D eigenvalue weighted by molar-refractivity contribution is 0.0913. The predicted octanol–water partition coefficient (Wildman–Crippen LogP) is 2.64. The Morgan fingerprint density at radius 1 is 0.794 bits per heavy atom. The number of piperidine rings is 1. The minimum atomic E-state index is -0.774. The monoisotopic (exact) mass is 468 g/mol. The minimum Gasteiger partial charge on any atom is -0.384 e. The molecule has 0 saturated carbocycles. The predicted molar refractivity (Wildman–Crippen MR) is 125 cm³/mol.